The van der Waals surface area contributed by atoms with Crippen molar-refractivity contribution >= 4 is 52.7 Å². The predicted octanol–water partition coefficient (Wildman–Crippen LogP) is 1.51. The van der Waals surface area contributed by atoms with Crippen molar-refractivity contribution in [2.75, 3.05) is 62.4 Å². The van der Waals surface area contributed by atoms with Gasteiger partial charge in [-0.05, 0) is 48.4 Å². The van der Waals surface area contributed by atoms with E-state index in [2.05, 4.69) is 27.5 Å². The highest BCUT2D eigenvalue weighted by Gasteiger charge is 2.30. The van der Waals surface area contributed by atoms with E-state index in [9.17, 15) is 19.6 Å². The summed E-state index contributed by atoms with van der Waals surface area (Å²) < 4.78 is 0. The summed E-state index contributed by atoms with van der Waals surface area (Å²) in [5.41, 5.74) is 4.93. The van der Waals surface area contributed by atoms with Gasteiger partial charge in [-0.2, -0.15) is 0 Å². The number of fused-ring (bicyclic) bond motifs is 1. The minimum absolute atomic E-state index is 0.0407. The predicted molar refractivity (Wildman–Crippen MR) is 156 cm³/mol. The molecule has 0 unspecified atom stereocenters. The molecular weight excluding hydrogens is 493 g/mol. The molecule has 5 rings (SSSR count). The van der Waals surface area contributed by atoms with Gasteiger partial charge in [0, 0.05) is 55.9 Å². The minimum atomic E-state index is -1.63. The SMILES string of the molecule is CN1CCN(CC(=O)N(C)c2ccc(N/C(=C3\C(=O)Nc4cc(B(O)O)ccc43)c3ccccc3)cc2)CC1. The number of carbonyl (C=O) groups is 2. The fourth-order valence-electron chi connectivity index (χ4n) is 4.84. The summed E-state index contributed by atoms with van der Waals surface area (Å²) in [4.78, 5) is 32.2. The lowest BCUT2D eigenvalue weighted by molar-refractivity contribution is -0.119. The number of anilines is 3. The lowest BCUT2D eigenvalue weighted by Gasteiger charge is -2.32. The Bertz CT molecular complexity index is 1390. The number of likely N-dealkylation sites (N-methyl/N-ethyl adjacent to an activating group) is 2. The number of nitrogens with one attached hydrogen (secondary N) is 2. The normalized spacial score (nSPS) is 16.9. The summed E-state index contributed by atoms with van der Waals surface area (Å²) in [5.74, 6) is -0.245. The van der Waals surface area contributed by atoms with E-state index in [-0.39, 0.29) is 11.8 Å². The highest BCUT2D eigenvalue weighted by Crippen LogP contribution is 2.37. The highest BCUT2D eigenvalue weighted by molar-refractivity contribution is 6.59. The van der Waals surface area contributed by atoms with E-state index in [4.69, 9.17) is 0 Å². The molecule has 3 aromatic carbocycles. The van der Waals surface area contributed by atoms with E-state index in [0.29, 0.717) is 34.5 Å². The van der Waals surface area contributed by atoms with Gasteiger partial charge in [0.2, 0.25) is 5.91 Å². The first-order valence-corrected chi connectivity index (χ1v) is 13.0. The maximum atomic E-state index is 13.1. The average Bonchev–Trinajstić information content (AvgIpc) is 3.28. The standard InChI is InChI=1S/C29H32BN5O4/c1-33-14-16-35(17-15-33)19-26(36)34(2)23-11-9-22(10-12-23)31-28(20-6-4-3-5-7-20)27-24-13-8-21(30(38)39)18-25(24)32-29(27)37/h3-13,18,31,38-39H,14-17,19H2,1-2H3,(H,32,37)/b28-27-. The fraction of sp³-hybridized carbons (Fsp3) is 0.241. The Morgan fingerprint density at radius 3 is 2.36 bits per heavy atom. The zero-order valence-electron chi connectivity index (χ0n) is 22.1. The summed E-state index contributed by atoms with van der Waals surface area (Å²) in [6, 6.07) is 22.0. The van der Waals surface area contributed by atoms with Gasteiger partial charge < -0.3 is 30.5 Å². The molecule has 39 heavy (non-hydrogen) atoms. The van der Waals surface area contributed by atoms with Crippen molar-refractivity contribution in [3.63, 3.8) is 0 Å². The van der Waals surface area contributed by atoms with Crippen LogP contribution in [0.15, 0.2) is 72.8 Å². The van der Waals surface area contributed by atoms with Gasteiger partial charge in [0.1, 0.15) is 0 Å². The molecule has 0 aromatic heterocycles. The van der Waals surface area contributed by atoms with Crippen molar-refractivity contribution in [2.24, 2.45) is 0 Å². The number of benzene rings is 3. The third kappa shape index (κ3) is 5.89. The van der Waals surface area contributed by atoms with E-state index in [0.717, 1.165) is 43.1 Å². The maximum absolute atomic E-state index is 13.1. The van der Waals surface area contributed by atoms with E-state index >= 15 is 0 Å². The first kappa shape index (κ1) is 26.6. The quantitative estimate of drug-likeness (QED) is 0.274. The van der Waals surface area contributed by atoms with Gasteiger partial charge >= 0.3 is 7.12 Å². The third-order valence-corrected chi connectivity index (χ3v) is 7.25. The van der Waals surface area contributed by atoms with Crippen molar-refractivity contribution < 1.29 is 19.6 Å². The molecule has 2 aliphatic heterocycles. The van der Waals surface area contributed by atoms with Crippen molar-refractivity contribution in [1.29, 1.82) is 0 Å². The van der Waals surface area contributed by atoms with Crippen molar-refractivity contribution in [1.82, 2.24) is 9.80 Å². The second-order valence-corrected chi connectivity index (χ2v) is 9.95. The van der Waals surface area contributed by atoms with Gasteiger partial charge in [-0.25, -0.2) is 0 Å². The van der Waals surface area contributed by atoms with Crippen molar-refractivity contribution in [2.45, 2.75) is 0 Å². The Balaban J connectivity index is 1.39. The van der Waals surface area contributed by atoms with Crippen LogP contribution in [0, 0.1) is 0 Å². The van der Waals surface area contributed by atoms with Gasteiger partial charge in [-0.1, -0.05) is 42.5 Å². The Morgan fingerprint density at radius 1 is 1.00 bits per heavy atom. The van der Waals surface area contributed by atoms with Gasteiger partial charge in [0.15, 0.2) is 0 Å². The molecule has 2 amide bonds. The summed E-state index contributed by atoms with van der Waals surface area (Å²) in [5, 5.41) is 25.3. The third-order valence-electron chi connectivity index (χ3n) is 7.25. The maximum Gasteiger partial charge on any atom is 0.488 e. The average molecular weight is 525 g/mol. The number of piperazine rings is 1. The number of nitrogens with zero attached hydrogens (tertiary/aromatic N) is 3. The zero-order valence-corrected chi connectivity index (χ0v) is 22.1. The zero-order chi connectivity index (χ0) is 27.5. The van der Waals surface area contributed by atoms with Crippen LogP contribution in [0.2, 0.25) is 0 Å². The van der Waals surface area contributed by atoms with Gasteiger partial charge in [0.05, 0.1) is 17.8 Å². The molecule has 10 heteroatoms. The summed E-state index contributed by atoms with van der Waals surface area (Å²) in [6.45, 7) is 4.08. The molecule has 4 N–H and O–H groups in total. The van der Waals surface area contributed by atoms with Crippen LogP contribution in [0.4, 0.5) is 17.1 Å². The molecule has 9 nitrogen and oxygen atoms in total. The number of carbonyl (C=O) groups excluding carboxylic acids is 2. The van der Waals surface area contributed by atoms with Crippen LogP contribution in [-0.4, -0.2) is 85.6 Å². The number of rotatable bonds is 7. The van der Waals surface area contributed by atoms with Gasteiger partial charge in [-0.15, -0.1) is 0 Å². The van der Waals surface area contributed by atoms with Crippen LogP contribution >= 0.6 is 0 Å². The molecule has 2 heterocycles. The van der Waals surface area contributed by atoms with Gasteiger partial charge in [0.25, 0.3) is 5.91 Å². The summed E-state index contributed by atoms with van der Waals surface area (Å²) >= 11 is 0. The summed E-state index contributed by atoms with van der Waals surface area (Å²) in [6.07, 6.45) is 0. The second-order valence-electron chi connectivity index (χ2n) is 9.95. The molecule has 3 aromatic rings. The molecule has 0 atom stereocenters. The van der Waals surface area contributed by atoms with E-state index < -0.39 is 7.12 Å². The molecule has 0 aliphatic carbocycles. The van der Waals surface area contributed by atoms with E-state index in [1.165, 1.54) is 0 Å². The number of hydrogen-bond acceptors (Lipinski definition) is 7. The molecule has 0 saturated carbocycles. The lowest BCUT2D eigenvalue weighted by Crippen LogP contribution is -2.48. The van der Waals surface area contributed by atoms with Crippen LogP contribution < -0.4 is 21.0 Å². The van der Waals surface area contributed by atoms with Crippen LogP contribution in [-0.2, 0) is 9.59 Å². The van der Waals surface area contributed by atoms with Crippen LogP contribution in [0.1, 0.15) is 11.1 Å². The first-order valence-electron chi connectivity index (χ1n) is 13.0. The fourth-order valence-corrected chi connectivity index (χ4v) is 4.84. The van der Waals surface area contributed by atoms with Crippen LogP contribution in [0.3, 0.4) is 0 Å². The number of amides is 2. The molecule has 1 saturated heterocycles. The number of hydrogen-bond donors (Lipinski definition) is 4. The lowest BCUT2D eigenvalue weighted by atomic mass is 9.79. The monoisotopic (exact) mass is 525 g/mol. The van der Waals surface area contributed by atoms with E-state index in [1.54, 1.807) is 30.1 Å². The van der Waals surface area contributed by atoms with Gasteiger partial charge in [-0.3, -0.25) is 14.5 Å². The largest absolute Gasteiger partial charge is 0.488 e. The van der Waals surface area contributed by atoms with Crippen LogP contribution in [0.5, 0.6) is 0 Å². The molecule has 1 fully saturated rings. The molecule has 200 valence electrons. The Hall–Kier alpha value is -3.96. The Morgan fingerprint density at radius 2 is 1.69 bits per heavy atom. The first-order chi connectivity index (χ1) is 18.8. The minimum Gasteiger partial charge on any atom is -0.423 e. The second kappa shape index (κ2) is 11.4. The molecule has 0 bridgehead atoms. The van der Waals surface area contributed by atoms with E-state index in [1.807, 2.05) is 54.6 Å². The molecule has 0 radical (unpaired) electrons. The highest BCUT2D eigenvalue weighted by atomic mass is 16.4. The topological polar surface area (TPSA) is 108 Å². The van der Waals surface area contributed by atoms with Crippen LogP contribution in [0.25, 0.3) is 11.3 Å². The Labute approximate surface area is 228 Å². The Kier molecular flexibility index (Phi) is 7.80. The van der Waals surface area contributed by atoms with Crippen molar-refractivity contribution in [3.8, 4) is 0 Å². The van der Waals surface area contributed by atoms with Crippen molar-refractivity contribution in [3.05, 3.63) is 83.9 Å². The smallest absolute Gasteiger partial charge is 0.423 e. The molecule has 2 aliphatic rings. The summed E-state index contributed by atoms with van der Waals surface area (Å²) in [7, 11) is 2.25. The molecular formula is C29H32BN5O4. The molecule has 0 spiro atoms.